The lowest BCUT2D eigenvalue weighted by molar-refractivity contribution is 0.519. The van der Waals surface area contributed by atoms with E-state index >= 15 is 0 Å². The predicted molar refractivity (Wildman–Crippen MR) is 95.5 cm³/mol. The second kappa shape index (κ2) is 6.73. The molecule has 0 aromatic heterocycles. The Hall–Kier alpha value is -1.21. The van der Waals surface area contributed by atoms with Crippen molar-refractivity contribution in [2.24, 2.45) is 11.7 Å². The molecule has 1 aliphatic rings. The maximum Gasteiger partial charge on any atom is 0.240 e. The fraction of sp³-hybridized carbons (Fsp3) is 0.294. The molecule has 2 aromatic rings. The SMILES string of the molecule is NCC(NS(=O)(=O)c1ccc(-c2ccc(Br)cc2)cc1)C1CC1. The molecule has 1 aliphatic carbocycles. The monoisotopic (exact) mass is 394 g/mol. The van der Waals surface area contributed by atoms with E-state index in [-0.39, 0.29) is 10.9 Å². The molecule has 0 aliphatic heterocycles. The highest BCUT2D eigenvalue weighted by molar-refractivity contribution is 9.10. The average molecular weight is 395 g/mol. The lowest BCUT2D eigenvalue weighted by atomic mass is 10.1. The van der Waals surface area contributed by atoms with Crippen LogP contribution in [-0.4, -0.2) is 21.0 Å². The fourth-order valence-electron chi connectivity index (χ4n) is 2.57. The lowest BCUT2D eigenvalue weighted by Crippen LogP contribution is -2.41. The molecule has 1 atom stereocenters. The number of hydrogen-bond donors (Lipinski definition) is 2. The molecular formula is C17H19BrN2O2S. The zero-order valence-corrected chi connectivity index (χ0v) is 15.0. The number of nitrogens with one attached hydrogen (secondary N) is 1. The van der Waals surface area contributed by atoms with E-state index in [1.54, 1.807) is 12.1 Å². The summed E-state index contributed by atoms with van der Waals surface area (Å²) in [4.78, 5) is 0.275. The van der Waals surface area contributed by atoms with Gasteiger partial charge in [0.15, 0.2) is 0 Å². The third kappa shape index (κ3) is 4.01. The molecule has 3 N–H and O–H groups in total. The zero-order chi connectivity index (χ0) is 16.4. The predicted octanol–water partition coefficient (Wildman–Crippen LogP) is 3.13. The third-order valence-electron chi connectivity index (χ3n) is 4.09. The minimum Gasteiger partial charge on any atom is -0.329 e. The van der Waals surface area contributed by atoms with Gasteiger partial charge in [-0.15, -0.1) is 0 Å². The molecule has 0 heterocycles. The Labute approximate surface area is 145 Å². The van der Waals surface area contributed by atoms with Crippen LogP contribution in [0.15, 0.2) is 57.9 Å². The first kappa shape index (κ1) is 16.6. The van der Waals surface area contributed by atoms with Gasteiger partial charge in [0.1, 0.15) is 0 Å². The molecule has 0 amide bonds. The van der Waals surface area contributed by atoms with E-state index in [1.165, 1.54) is 0 Å². The Morgan fingerprint density at radius 1 is 1.04 bits per heavy atom. The molecule has 0 bridgehead atoms. The molecule has 122 valence electrons. The number of hydrogen-bond acceptors (Lipinski definition) is 3. The number of rotatable bonds is 6. The summed E-state index contributed by atoms with van der Waals surface area (Å²) in [6.07, 6.45) is 2.10. The molecular weight excluding hydrogens is 376 g/mol. The molecule has 23 heavy (non-hydrogen) atoms. The van der Waals surface area contributed by atoms with E-state index < -0.39 is 10.0 Å². The summed E-state index contributed by atoms with van der Waals surface area (Å²) in [5, 5.41) is 0. The van der Waals surface area contributed by atoms with Crippen molar-refractivity contribution in [2.45, 2.75) is 23.8 Å². The number of nitrogens with two attached hydrogens (primary N) is 1. The maximum atomic E-state index is 12.5. The number of benzene rings is 2. The normalized spacial score (nSPS) is 16.3. The van der Waals surface area contributed by atoms with Crippen molar-refractivity contribution < 1.29 is 8.42 Å². The molecule has 6 heteroatoms. The highest BCUT2D eigenvalue weighted by Gasteiger charge is 2.33. The average Bonchev–Trinajstić information content (AvgIpc) is 3.38. The van der Waals surface area contributed by atoms with Crippen molar-refractivity contribution in [3.8, 4) is 11.1 Å². The quantitative estimate of drug-likeness (QED) is 0.790. The molecule has 2 aromatic carbocycles. The van der Waals surface area contributed by atoms with Crippen LogP contribution in [0.3, 0.4) is 0 Å². The molecule has 0 radical (unpaired) electrons. The van der Waals surface area contributed by atoms with Crippen LogP contribution in [0.2, 0.25) is 0 Å². The standard InChI is InChI=1S/C17H19BrN2O2S/c18-15-7-3-12(4-8-15)13-5-9-16(10-6-13)23(21,22)20-17(11-19)14-1-2-14/h3-10,14,17,20H,1-2,11,19H2. The van der Waals surface area contributed by atoms with Crippen LogP contribution in [-0.2, 0) is 10.0 Å². The second-order valence-corrected chi connectivity index (χ2v) is 8.46. The highest BCUT2D eigenvalue weighted by Crippen LogP contribution is 2.33. The zero-order valence-electron chi connectivity index (χ0n) is 12.6. The van der Waals surface area contributed by atoms with Gasteiger partial charge in [-0.25, -0.2) is 13.1 Å². The van der Waals surface area contributed by atoms with Crippen molar-refractivity contribution in [3.63, 3.8) is 0 Å². The van der Waals surface area contributed by atoms with E-state index in [1.807, 2.05) is 36.4 Å². The van der Waals surface area contributed by atoms with Crippen LogP contribution in [0.25, 0.3) is 11.1 Å². The molecule has 1 unspecified atom stereocenters. The Bertz CT molecular complexity index is 769. The van der Waals surface area contributed by atoms with Crippen LogP contribution in [0.4, 0.5) is 0 Å². The van der Waals surface area contributed by atoms with E-state index in [9.17, 15) is 8.42 Å². The Morgan fingerprint density at radius 2 is 1.57 bits per heavy atom. The minimum absolute atomic E-state index is 0.161. The topological polar surface area (TPSA) is 72.2 Å². The van der Waals surface area contributed by atoms with Crippen LogP contribution < -0.4 is 10.5 Å². The number of halogens is 1. The fourth-order valence-corrected chi connectivity index (χ4v) is 4.15. The molecule has 1 fully saturated rings. The Morgan fingerprint density at radius 3 is 2.04 bits per heavy atom. The van der Waals surface area contributed by atoms with Gasteiger partial charge in [-0.3, -0.25) is 0 Å². The van der Waals surface area contributed by atoms with Crippen LogP contribution in [0, 0.1) is 5.92 Å². The van der Waals surface area contributed by atoms with Crippen LogP contribution in [0.5, 0.6) is 0 Å². The van der Waals surface area contributed by atoms with Gasteiger partial charge < -0.3 is 5.73 Å². The minimum atomic E-state index is -3.52. The van der Waals surface area contributed by atoms with Crippen molar-refractivity contribution in [3.05, 3.63) is 53.0 Å². The van der Waals surface area contributed by atoms with Crippen molar-refractivity contribution in [1.82, 2.24) is 4.72 Å². The van der Waals surface area contributed by atoms with Crippen molar-refractivity contribution in [2.75, 3.05) is 6.54 Å². The largest absolute Gasteiger partial charge is 0.329 e. The summed E-state index contributed by atoms with van der Waals surface area (Å²) < 4.78 is 28.6. The van der Waals surface area contributed by atoms with Gasteiger partial charge in [-0.2, -0.15) is 0 Å². The lowest BCUT2D eigenvalue weighted by Gasteiger charge is -2.16. The summed E-state index contributed by atoms with van der Waals surface area (Å²) in [5.74, 6) is 0.386. The summed E-state index contributed by atoms with van der Waals surface area (Å²) in [6, 6.07) is 14.7. The first-order chi connectivity index (χ1) is 11.0. The first-order valence-electron chi connectivity index (χ1n) is 7.58. The molecule has 1 saturated carbocycles. The summed E-state index contributed by atoms with van der Waals surface area (Å²) in [7, 11) is -3.52. The Kier molecular flexibility index (Phi) is 4.87. The molecule has 0 spiro atoms. The van der Waals surface area contributed by atoms with E-state index in [2.05, 4.69) is 20.7 Å². The van der Waals surface area contributed by atoms with Crippen molar-refractivity contribution >= 4 is 26.0 Å². The second-order valence-electron chi connectivity index (χ2n) is 5.83. The van der Waals surface area contributed by atoms with Gasteiger partial charge in [0.25, 0.3) is 0 Å². The Balaban J connectivity index is 1.79. The summed E-state index contributed by atoms with van der Waals surface area (Å²) >= 11 is 3.40. The van der Waals surface area contributed by atoms with Gasteiger partial charge in [-0.05, 0) is 54.2 Å². The molecule has 0 saturated heterocycles. The van der Waals surface area contributed by atoms with E-state index in [4.69, 9.17) is 5.73 Å². The van der Waals surface area contributed by atoms with Gasteiger partial charge in [0.2, 0.25) is 10.0 Å². The van der Waals surface area contributed by atoms with Crippen LogP contribution >= 0.6 is 15.9 Å². The summed E-state index contributed by atoms with van der Waals surface area (Å²) in [5.41, 5.74) is 7.71. The molecule has 4 nitrogen and oxygen atoms in total. The van der Waals surface area contributed by atoms with Gasteiger partial charge in [-0.1, -0.05) is 40.2 Å². The highest BCUT2D eigenvalue weighted by atomic mass is 79.9. The number of sulfonamides is 1. The third-order valence-corrected chi connectivity index (χ3v) is 6.13. The van der Waals surface area contributed by atoms with Gasteiger partial charge in [0.05, 0.1) is 4.90 Å². The summed E-state index contributed by atoms with van der Waals surface area (Å²) in [6.45, 7) is 0.334. The van der Waals surface area contributed by atoms with Gasteiger partial charge in [0, 0.05) is 17.1 Å². The molecule has 3 rings (SSSR count). The van der Waals surface area contributed by atoms with E-state index in [0.717, 1.165) is 28.4 Å². The first-order valence-corrected chi connectivity index (χ1v) is 9.85. The van der Waals surface area contributed by atoms with Crippen LogP contribution in [0.1, 0.15) is 12.8 Å². The van der Waals surface area contributed by atoms with Crippen molar-refractivity contribution in [1.29, 1.82) is 0 Å². The smallest absolute Gasteiger partial charge is 0.240 e. The van der Waals surface area contributed by atoms with Gasteiger partial charge >= 0.3 is 0 Å². The van der Waals surface area contributed by atoms with E-state index in [0.29, 0.717) is 12.5 Å². The maximum absolute atomic E-state index is 12.5.